The second-order valence-electron chi connectivity index (χ2n) is 4.94. The van der Waals surface area contributed by atoms with E-state index in [1.807, 2.05) is 16.8 Å². The molecule has 0 aliphatic heterocycles. The Morgan fingerprint density at radius 3 is 2.55 bits per heavy atom. The molecule has 1 aromatic heterocycles. The van der Waals surface area contributed by atoms with Crippen LogP contribution in [-0.4, -0.2) is 26.5 Å². The second kappa shape index (κ2) is 10.6. The summed E-state index contributed by atoms with van der Waals surface area (Å²) in [6.45, 7) is 4.91. The van der Waals surface area contributed by atoms with E-state index >= 15 is 0 Å². The Labute approximate surface area is 142 Å². The normalized spacial score (nSPS) is 11.7. The summed E-state index contributed by atoms with van der Waals surface area (Å²) in [4.78, 5) is 3.98. The lowest BCUT2D eigenvalue weighted by Gasteiger charge is -2.18. The van der Waals surface area contributed by atoms with Crippen LogP contribution in [0.4, 0.5) is 0 Å². The molecule has 0 bridgehead atoms. The molecule has 122 valence electrons. The molecule has 2 rings (SSSR count). The lowest BCUT2D eigenvalue weighted by atomic mass is 9.93. The molecule has 0 aliphatic rings. The Bertz CT molecular complexity index is 532. The van der Waals surface area contributed by atoms with Crippen LogP contribution >= 0.6 is 23.2 Å². The molecule has 1 unspecified atom stereocenters. The standard InChI is InChI=1S/C14H17Cl2N3.C2H6O/c1-2-3-4-11(8-19-10-17-9-18-19)13-6-5-12(15)7-14(13)16;1-2-3/h5-7,9-11H,2-4,8H2,1H3;3H,2H2,1H3. The summed E-state index contributed by atoms with van der Waals surface area (Å²) in [6, 6.07) is 5.71. The largest absolute Gasteiger partial charge is 0.397 e. The monoisotopic (exact) mass is 343 g/mol. The zero-order valence-electron chi connectivity index (χ0n) is 13.0. The minimum atomic E-state index is 0.250. The Morgan fingerprint density at radius 1 is 1.27 bits per heavy atom. The van der Waals surface area contributed by atoms with Crippen molar-refractivity contribution >= 4 is 23.2 Å². The fraction of sp³-hybridized carbons (Fsp3) is 0.500. The highest BCUT2D eigenvalue weighted by molar-refractivity contribution is 6.35. The number of aliphatic hydroxyl groups is 1. The molecule has 1 heterocycles. The Morgan fingerprint density at radius 2 is 2.00 bits per heavy atom. The van der Waals surface area contributed by atoms with Crippen LogP contribution in [0.5, 0.6) is 0 Å². The van der Waals surface area contributed by atoms with Gasteiger partial charge >= 0.3 is 0 Å². The van der Waals surface area contributed by atoms with Gasteiger partial charge in [0, 0.05) is 29.1 Å². The summed E-state index contributed by atoms with van der Waals surface area (Å²) >= 11 is 12.3. The van der Waals surface area contributed by atoms with Gasteiger partial charge in [-0.1, -0.05) is 49.0 Å². The summed E-state index contributed by atoms with van der Waals surface area (Å²) < 4.78 is 1.85. The Balaban J connectivity index is 0.000000745. The number of unbranched alkanes of at least 4 members (excludes halogenated alkanes) is 1. The van der Waals surface area contributed by atoms with Crippen LogP contribution in [0.15, 0.2) is 30.9 Å². The van der Waals surface area contributed by atoms with Crippen molar-refractivity contribution in [2.75, 3.05) is 6.61 Å². The molecule has 0 spiro atoms. The van der Waals surface area contributed by atoms with Crippen LogP contribution in [0.3, 0.4) is 0 Å². The van der Waals surface area contributed by atoms with Crippen molar-refractivity contribution in [1.82, 2.24) is 14.8 Å². The minimum absolute atomic E-state index is 0.250. The number of benzene rings is 1. The van der Waals surface area contributed by atoms with Crippen LogP contribution in [0.25, 0.3) is 0 Å². The van der Waals surface area contributed by atoms with Crippen molar-refractivity contribution < 1.29 is 5.11 Å². The predicted molar refractivity (Wildman–Crippen MR) is 91.5 cm³/mol. The van der Waals surface area contributed by atoms with Crippen LogP contribution in [0, 0.1) is 0 Å². The van der Waals surface area contributed by atoms with Gasteiger partial charge in [-0.3, -0.25) is 4.68 Å². The Kier molecular flexibility index (Phi) is 9.13. The van der Waals surface area contributed by atoms with Gasteiger partial charge in [-0.05, 0) is 31.0 Å². The van der Waals surface area contributed by atoms with E-state index in [1.54, 1.807) is 25.6 Å². The van der Waals surface area contributed by atoms with Gasteiger partial charge in [0.1, 0.15) is 12.7 Å². The highest BCUT2D eigenvalue weighted by Crippen LogP contribution is 2.31. The molecular formula is C16H23Cl2N3O. The highest BCUT2D eigenvalue weighted by atomic mass is 35.5. The summed E-state index contributed by atoms with van der Waals surface area (Å²) in [5, 5.41) is 13.1. The summed E-state index contributed by atoms with van der Waals surface area (Å²) in [5.74, 6) is 0.339. The summed E-state index contributed by atoms with van der Waals surface area (Å²) in [6.07, 6.45) is 6.71. The zero-order chi connectivity index (χ0) is 16.4. The van der Waals surface area contributed by atoms with E-state index in [2.05, 4.69) is 17.0 Å². The first-order chi connectivity index (χ1) is 10.6. The van der Waals surface area contributed by atoms with Gasteiger partial charge in [-0.2, -0.15) is 5.10 Å². The molecule has 22 heavy (non-hydrogen) atoms. The van der Waals surface area contributed by atoms with E-state index in [-0.39, 0.29) is 6.61 Å². The van der Waals surface area contributed by atoms with E-state index in [0.717, 1.165) is 30.0 Å². The number of halogens is 2. The minimum Gasteiger partial charge on any atom is -0.397 e. The molecule has 0 saturated carbocycles. The van der Waals surface area contributed by atoms with Gasteiger partial charge < -0.3 is 5.11 Å². The molecule has 6 heteroatoms. The molecule has 0 radical (unpaired) electrons. The van der Waals surface area contributed by atoms with Gasteiger partial charge in [0.2, 0.25) is 0 Å². The van der Waals surface area contributed by atoms with Gasteiger partial charge in [0.25, 0.3) is 0 Å². The zero-order valence-corrected chi connectivity index (χ0v) is 14.6. The molecule has 4 nitrogen and oxygen atoms in total. The summed E-state index contributed by atoms with van der Waals surface area (Å²) in [5.41, 5.74) is 1.13. The molecule has 0 amide bonds. The number of hydrogen-bond acceptors (Lipinski definition) is 3. The average Bonchev–Trinajstić information content (AvgIpc) is 2.98. The molecule has 0 fully saturated rings. The number of nitrogens with zero attached hydrogens (tertiary/aromatic N) is 3. The predicted octanol–water partition coefficient (Wildman–Crippen LogP) is 4.56. The van der Waals surface area contributed by atoms with Crippen LogP contribution < -0.4 is 0 Å². The van der Waals surface area contributed by atoms with Gasteiger partial charge in [-0.25, -0.2) is 4.98 Å². The van der Waals surface area contributed by atoms with E-state index < -0.39 is 0 Å². The van der Waals surface area contributed by atoms with E-state index in [1.165, 1.54) is 6.42 Å². The van der Waals surface area contributed by atoms with Crippen molar-refractivity contribution in [2.24, 2.45) is 0 Å². The average molecular weight is 344 g/mol. The fourth-order valence-electron chi connectivity index (χ4n) is 2.18. The van der Waals surface area contributed by atoms with Crippen LogP contribution in [0.2, 0.25) is 10.0 Å². The lowest BCUT2D eigenvalue weighted by molar-refractivity contribution is 0.318. The highest BCUT2D eigenvalue weighted by Gasteiger charge is 2.16. The van der Waals surface area contributed by atoms with E-state index in [9.17, 15) is 0 Å². The van der Waals surface area contributed by atoms with Crippen LogP contribution in [-0.2, 0) is 6.54 Å². The Hall–Kier alpha value is -1.10. The number of aromatic nitrogens is 3. The number of rotatable bonds is 6. The lowest BCUT2D eigenvalue weighted by Crippen LogP contribution is -2.10. The van der Waals surface area contributed by atoms with E-state index in [0.29, 0.717) is 10.9 Å². The molecule has 2 aromatic rings. The maximum absolute atomic E-state index is 7.57. The maximum Gasteiger partial charge on any atom is 0.137 e. The topological polar surface area (TPSA) is 50.9 Å². The van der Waals surface area contributed by atoms with Crippen molar-refractivity contribution in [1.29, 1.82) is 0 Å². The van der Waals surface area contributed by atoms with Gasteiger partial charge in [0.05, 0.1) is 0 Å². The van der Waals surface area contributed by atoms with Crippen LogP contribution in [0.1, 0.15) is 44.6 Å². The van der Waals surface area contributed by atoms with E-state index in [4.69, 9.17) is 28.3 Å². The van der Waals surface area contributed by atoms with Crippen molar-refractivity contribution in [3.63, 3.8) is 0 Å². The molecule has 0 saturated heterocycles. The van der Waals surface area contributed by atoms with Crippen molar-refractivity contribution in [3.05, 3.63) is 46.5 Å². The fourth-order valence-corrected chi connectivity index (χ4v) is 2.74. The van der Waals surface area contributed by atoms with Crippen molar-refractivity contribution in [2.45, 2.75) is 45.6 Å². The van der Waals surface area contributed by atoms with Gasteiger partial charge in [-0.15, -0.1) is 0 Å². The third-order valence-electron chi connectivity index (χ3n) is 3.18. The molecule has 0 aliphatic carbocycles. The number of aliphatic hydroxyl groups excluding tert-OH is 1. The SMILES string of the molecule is CCCCC(Cn1cncn1)c1ccc(Cl)cc1Cl.CCO. The third kappa shape index (κ3) is 6.34. The third-order valence-corrected chi connectivity index (χ3v) is 3.74. The smallest absolute Gasteiger partial charge is 0.137 e. The quantitative estimate of drug-likeness (QED) is 0.836. The first-order valence-electron chi connectivity index (χ1n) is 7.50. The molecule has 1 atom stereocenters. The first-order valence-corrected chi connectivity index (χ1v) is 8.26. The van der Waals surface area contributed by atoms with Crippen molar-refractivity contribution in [3.8, 4) is 0 Å². The summed E-state index contributed by atoms with van der Waals surface area (Å²) in [7, 11) is 0. The number of hydrogen-bond donors (Lipinski definition) is 1. The molecule has 1 N–H and O–H groups in total. The van der Waals surface area contributed by atoms with Gasteiger partial charge in [0.15, 0.2) is 0 Å². The first kappa shape index (κ1) is 18.9. The molecule has 1 aromatic carbocycles. The maximum atomic E-state index is 7.57. The second-order valence-corrected chi connectivity index (χ2v) is 5.78. The molecular weight excluding hydrogens is 321 g/mol.